The SMILES string of the molecule is NC(=O)c1ccc(S)cc1Cl. The summed E-state index contributed by atoms with van der Waals surface area (Å²) >= 11 is 9.71. The fraction of sp³-hybridized carbons (Fsp3) is 0. The number of amides is 1. The minimum Gasteiger partial charge on any atom is -0.366 e. The maximum Gasteiger partial charge on any atom is 0.250 e. The van der Waals surface area contributed by atoms with Crippen LogP contribution in [0.15, 0.2) is 23.1 Å². The second-order valence-corrected chi connectivity index (χ2v) is 2.95. The van der Waals surface area contributed by atoms with E-state index in [1.54, 1.807) is 18.2 Å². The van der Waals surface area contributed by atoms with Gasteiger partial charge in [-0.1, -0.05) is 11.6 Å². The molecule has 0 atom stereocenters. The van der Waals surface area contributed by atoms with Crippen LogP contribution in [-0.4, -0.2) is 5.91 Å². The average Bonchev–Trinajstić information content (AvgIpc) is 1.85. The molecule has 2 nitrogen and oxygen atoms in total. The van der Waals surface area contributed by atoms with Gasteiger partial charge in [0.05, 0.1) is 10.6 Å². The van der Waals surface area contributed by atoms with Crippen molar-refractivity contribution in [1.29, 1.82) is 0 Å². The molecule has 0 aliphatic rings. The van der Waals surface area contributed by atoms with Crippen LogP contribution in [0, 0.1) is 0 Å². The first kappa shape index (κ1) is 8.43. The Morgan fingerprint density at radius 1 is 1.55 bits per heavy atom. The highest BCUT2D eigenvalue weighted by atomic mass is 35.5. The molecule has 0 aliphatic heterocycles. The lowest BCUT2D eigenvalue weighted by Crippen LogP contribution is -2.11. The quantitative estimate of drug-likeness (QED) is 0.647. The van der Waals surface area contributed by atoms with E-state index in [4.69, 9.17) is 17.3 Å². The van der Waals surface area contributed by atoms with Crippen molar-refractivity contribution in [2.45, 2.75) is 4.90 Å². The van der Waals surface area contributed by atoms with Crippen molar-refractivity contribution < 1.29 is 4.79 Å². The van der Waals surface area contributed by atoms with E-state index in [9.17, 15) is 4.79 Å². The van der Waals surface area contributed by atoms with Crippen LogP contribution >= 0.6 is 24.2 Å². The minimum atomic E-state index is -0.525. The van der Waals surface area contributed by atoms with Crippen LogP contribution < -0.4 is 5.73 Å². The molecule has 0 aliphatic carbocycles. The predicted molar refractivity (Wildman–Crippen MR) is 47.2 cm³/mol. The Bertz CT molecular complexity index is 300. The van der Waals surface area contributed by atoms with Gasteiger partial charge >= 0.3 is 0 Å². The molecule has 1 aromatic rings. The highest BCUT2D eigenvalue weighted by molar-refractivity contribution is 7.80. The van der Waals surface area contributed by atoms with Crippen molar-refractivity contribution in [2.75, 3.05) is 0 Å². The zero-order chi connectivity index (χ0) is 8.43. The molecule has 1 amide bonds. The Balaban J connectivity index is 3.20. The number of halogens is 1. The molecule has 58 valence electrons. The Morgan fingerprint density at radius 3 is 2.64 bits per heavy atom. The first-order valence-corrected chi connectivity index (χ1v) is 3.72. The first-order chi connectivity index (χ1) is 5.11. The molecule has 0 aromatic heterocycles. The first-order valence-electron chi connectivity index (χ1n) is 2.89. The van der Waals surface area contributed by atoms with Gasteiger partial charge in [0.15, 0.2) is 0 Å². The molecule has 0 radical (unpaired) electrons. The third-order valence-electron chi connectivity index (χ3n) is 1.22. The molecule has 4 heteroatoms. The van der Waals surface area contributed by atoms with Gasteiger partial charge in [-0.3, -0.25) is 4.79 Å². The number of hydrogen-bond donors (Lipinski definition) is 2. The molecule has 0 saturated carbocycles. The fourth-order valence-corrected chi connectivity index (χ4v) is 1.26. The lowest BCUT2D eigenvalue weighted by molar-refractivity contribution is 0.100. The molecule has 1 aromatic carbocycles. The van der Waals surface area contributed by atoms with E-state index in [-0.39, 0.29) is 0 Å². The third-order valence-corrected chi connectivity index (χ3v) is 1.81. The van der Waals surface area contributed by atoms with E-state index in [2.05, 4.69) is 12.6 Å². The zero-order valence-corrected chi connectivity index (χ0v) is 7.19. The summed E-state index contributed by atoms with van der Waals surface area (Å²) in [7, 11) is 0. The molecular weight excluding hydrogens is 182 g/mol. The smallest absolute Gasteiger partial charge is 0.250 e. The number of thiol groups is 1. The number of carbonyl (C=O) groups is 1. The predicted octanol–water partition coefficient (Wildman–Crippen LogP) is 1.73. The minimum absolute atomic E-state index is 0.324. The summed E-state index contributed by atoms with van der Waals surface area (Å²) in [5.41, 5.74) is 5.34. The molecule has 0 fully saturated rings. The molecule has 0 heterocycles. The van der Waals surface area contributed by atoms with E-state index >= 15 is 0 Å². The number of carbonyl (C=O) groups excluding carboxylic acids is 1. The fourth-order valence-electron chi connectivity index (χ4n) is 0.704. The summed E-state index contributed by atoms with van der Waals surface area (Å²) in [5.74, 6) is -0.525. The van der Waals surface area contributed by atoms with Crippen molar-refractivity contribution in [3.63, 3.8) is 0 Å². The van der Waals surface area contributed by atoms with Crippen molar-refractivity contribution in [2.24, 2.45) is 5.73 Å². The molecule has 11 heavy (non-hydrogen) atoms. The molecule has 0 spiro atoms. The van der Waals surface area contributed by atoms with Gasteiger partial charge < -0.3 is 5.73 Å². The Kier molecular flexibility index (Phi) is 2.42. The average molecular weight is 188 g/mol. The van der Waals surface area contributed by atoms with E-state index in [0.717, 1.165) is 0 Å². The highest BCUT2D eigenvalue weighted by Crippen LogP contribution is 2.18. The largest absolute Gasteiger partial charge is 0.366 e. The molecule has 0 bridgehead atoms. The second-order valence-electron chi connectivity index (χ2n) is 2.03. The van der Waals surface area contributed by atoms with E-state index in [0.29, 0.717) is 15.5 Å². The van der Waals surface area contributed by atoms with Gasteiger partial charge in [0.2, 0.25) is 5.91 Å². The highest BCUT2D eigenvalue weighted by Gasteiger charge is 2.04. The van der Waals surface area contributed by atoms with Gasteiger partial charge in [-0.05, 0) is 18.2 Å². The van der Waals surface area contributed by atoms with Crippen LogP contribution in [-0.2, 0) is 0 Å². The van der Waals surface area contributed by atoms with Crippen LogP contribution in [0.25, 0.3) is 0 Å². The lowest BCUT2D eigenvalue weighted by Gasteiger charge is -1.98. The Morgan fingerprint density at radius 2 is 2.18 bits per heavy atom. The summed E-state index contributed by atoms with van der Waals surface area (Å²) in [6, 6.07) is 4.78. The number of nitrogens with two attached hydrogens (primary N) is 1. The number of rotatable bonds is 1. The van der Waals surface area contributed by atoms with Crippen LogP contribution in [0.1, 0.15) is 10.4 Å². The van der Waals surface area contributed by atoms with Gasteiger partial charge in [0.1, 0.15) is 0 Å². The monoisotopic (exact) mass is 187 g/mol. The summed E-state index contributed by atoms with van der Waals surface area (Å²) in [6.07, 6.45) is 0. The van der Waals surface area contributed by atoms with Crippen LogP contribution in [0.3, 0.4) is 0 Å². The maximum atomic E-state index is 10.6. The number of benzene rings is 1. The summed E-state index contributed by atoms with van der Waals surface area (Å²) in [6.45, 7) is 0. The summed E-state index contributed by atoms with van der Waals surface area (Å²) in [4.78, 5) is 11.4. The van der Waals surface area contributed by atoms with Gasteiger partial charge in [-0.25, -0.2) is 0 Å². The maximum absolute atomic E-state index is 10.6. The second kappa shape index (κ2) is 3.15. The molecule has 1 rings (SSSR count). The van der Waals surface area contributed by atoms with Crippen molar-refractivity contribution in [1.82, 2.24) is 0 Å². The van der Waals surface area contributed by atoms with Gasteiger partial charge in [0.25, 0.3) is 0 Å². The van der Waals surface area contributed by atoms with Crippen LogP contribution in [0.5, 0.6) is 0 Å². The van der Waals surface area contributed by atoms with Crippen molar-refractivity contribution in [3.05, 3.63) is 28.8 Å². The third kappa shape index (κ3) is 1.88. The lowest BCUT2D eigenvalue weighted by atomic mass is 10.2. The number of primary amides is 1. The zero-order valence-electron chi connectivity index (χ0n) is 5.54. The van der Waals surface area contributed by atoms with Gasteiger partial charge in [-0.2, -0.15) is 0 Å². The number of hydrogen-bond acceptors (Lipinski definition) is 2. The van der Waals surface area contributed by atoms with Crippen LogP contribution in [0.2, 0.25) is 5.02 Å². The van der Waals surface area contributed by atoms with E-state index < -0.39 is 5.91 Å². The van der Waals surface area contributed by atoms with Gasteiger partial charge in [0, 0.05) is 4.90 Å². The van der Waals surface area contributed by atoms with Gasteiger partial charge in [-0.15, -0.1) is 12.6 Å². The van der Waals surface area contributed by atoms with Crippen LogP contribution in [0.4, 0.5) is 0 Å². The topological polar surface area (TPSA) is 43.1 Å². The van der Waals surface area contributed by atoms with E-state index in [1.807, 2.05) is 0 Å². The normalized spacial score (nSPS) is 9.64. The van der Waals surface area contributed by atoms with Crippen molar-refractivity contribution in [3.8, 4) is 0 Å². The molecule has 0 unspecified atom stereocenters. The summed E-state index contributed by atoms with van der Waals surface area (Å²) in [5, 5.41) is 0.338. The molecule has 0 saturated heterocycles. The Labute approximate surface area is 74.8 Å². The molecule has 2 N–H and O–H groups in total. The Hall–Kier alpha value is -0.670. The molecular formula is C7H6ClNOS. The van der Waals surface area contributed by atoms with E-state index in [1.165, 1.54) is 0 Å². The standard InChI is InChI=1S/C7H6ClNOS/c8-6-3-4(11)1-2-5(6)7(9)10/h1-3,11H,(H2,9,10). The summed E-state index contributed by atoms with van der Waals surface area (Å²) < 4.78 is 0. The van der Waals surface area contributed by atoms with Crippen molar-refractivity contribution >= 4 is 30.1 Å².